The van der Waals surface area contributed by atoms with E-state index in [1.54, 1.807) is 0 Å². The van der Waals surface area contributed by atoms with Gasteiger partial charge in [-0.3, -0.25) is 0 Å². The Labute approximate surface area is 170 Å². The van der Waals surface area contributed by atoms with Gasteiger partial charge in [0.25, 0.3) is 0 Å². The molecule has 0 N–H and O–H groups in total. The molecule has 0 aromatic carbocycles. The Bertz CT molecular complexity index is 380. The van der Waals surface area contributed by atoms with Crippen LogP contribution in [0.5, 0.6) is 0 Å². The summed E-state index contributed by atoms with van der Waals surface area (Å²) in [6.45, 7) is 11.2. The molecule has 0 radical (unpaired) electrons. The van der Waals surface area contributed by atoms with E-state index in [0.717, 1.165) is 25.3 Å². The van der Waals surface area contributed by atoms with E-state index in [0.29, 0.717) is 6.61 Å². The highest BCUT2D eigenvalue weighted by molar-refractivity contribution is 6.71. The topological polar surface area (TPSA) is 35.5 Å². The molecule has 0 aromatic heterocycles. The molecular weight excluding hydrogens is 352 g/mol. The number of hydrogen-bond donors (Lipinski definition) is 0. The monoisotopic (exact) mass is 398 g/mol. The first kappa shape index (κ1) is 26.4. The third-order valence-corrected chi connectivity index (χ3v) is 7.36. The Morgan fingerprint density at radius 1 is 0.852 bits per heavy atom. The summed E-state index contributed by atoms with van der Waals surface area (Å²) in [7, 11) is -1.80. The summed E-state index contributed by atoms with van der Waals surface area (Å²) >= 11 is 0. The van der Waals surface area contributed by atoms with Crippen LogP contribution in [0.25, 0.3) is 0 Å². The minimum Gasteiger partial charge on any atom is -0.464 e. The van der Waals surface area contributed by atoms with Crippen LogP contribution < -0.4 is 0 Å². The zero-order valence-corrected chi connectivity index (χ0v) is 19.9. The van der Waals surface area contributed by atoms with Crippen LogP contribution in [0.1, 0.15) is 97.8 Å². The van der Waals surface area contributed by atoms with Crippen LogP contribution in [0.3, 0.4) is 0 Å². The van der Waals surface area contributed by atoms with Crippen molar-refractivity contribution in [1.29, 1.82) is 0 Å². The second kappa shape index (κ2) is 17.5. The van der Waals surface area contributed by atoms with Crippen molar-refractivity contribution in [3.8, 4) is 0 Å². The third-order valence-electron chi connectivity index (χ3n) is 4.88. The van der Waals surface area contributed by atoms with Gasteiger partial charge >= 0.3 is 5.97 Å². The Hall–Kier alpha value is -0.613. The maximum atomic E-state index is 12.3. The van der Waals surface area contributed by atoms with E-state index in [1.807, 2.05) is 6.92 Å². The largest absolute Gasteiger partial charge is 0.464 e. The maximum absolute atomic E-state index is 12.3. The van der Waals surface area contributed by atoms with Gasteiger partial charge in [-0.25, -0.2) is 4.79 Å². The second-order valence-corrected chi connectivity index (χ2v) is 12.4. The maximum Gasteiger partial charge on any atom is 0.334 e. The highest BCUT2D eigenvalue weighted by Crippen LogP contribution is 2.20. The molecule has 1 atom stereocenters. The van der Waals surface area contributed by atoms with Gasteiger partial charge in [0, 0.05) is 0 Å². The summed E-state index contributed by atoms with van der Waals surface area (Å²) in [5.41, 5.74) is 0. The van der Waals surface area contributed by atoms with Crippen molar-refractivity contribution in [3.05, 3.63) is 12.2 Å². The van der Waals surface area contributed by atoms with Gasteiger partial charge in [0.2, 0.25) is 0 Å². The quantitative estimate of drug-likeness (QED) is 0.104. The predicted octanol–water partition coefficient (Wildman–Crippen LogP) is 7.42. The summed E-state index contributed by atoms with van der Waals surface area (Å²) in [6, 6.07) is 1.10. The van der Waals surface area contributed by atoms with Crippen molar-refractivity contribution in [2.45, 2.75) is 123 Å². The van der Waals surface area contributed by atoms with Crippen LogP contribution in [-0.4, -0.2) is 27.0 Å². The molecular formula is C23H46O3Si. The predicted molar refractivity (Wildman–Crippen MR) is 120 cm³/mol. The molecule has 0 rings (SSSR count). The molecule has 0 amide bonds. The van der Waals surface area contributed by atoms with Crippen molar-refractivity contribution in [2.24, 2.45) is 0 Å². The van der Waals surface area contributed by atoms with E-state index in [1.165, 1.54) is 57.8 Å². The van der Waals surface area contributed by atoms with E-state index in [-0.39, 0.29) is 5.97 Å². The fourth-order valence-corrected chi connectivity index (χ4v) is 5.52. The minimum absolute atomic E-state index is 0.185. The zero-order chi connectivity index (χ0) is 20.4. The summed E-state index contributed by atoms with van der Waals surface area (Å²) in [5, 5.41) is 0. The molecule has 0 aliphatic carbocycles. The smallest absolute Gasteiger partial charge is 0.334 e. The number of carbonyl (C=O) groups is 1. The van der Waals surface area contributed by atoms with E-state index in [4.69, 9.17) is 9.16 Å². The van der Waals surface area contributed by atoms with Gasteiger partial charge in [0.1, 0.15) is 6.10 Å². The van der Waals surface area contributed by atoms with E-state index in [9.17, 15) is 4.79 Å². The van der Waals surface area contributed by atoms with Gasteiger partial charge < -0.3 is 9.16 Å². The van der Waals surface area contributed by atoms with Crippen molar-refractivity contribution >= 4 is 14.3 Å². The lowest BCUT2D eigenvalue weighted by Gasteiger charge is -2.28. The molecule has 0 aliphatic heterocycles. The van der Waals surface area contributed by atoms with Crippen LogP contribution >= 0.6 is 0 Å². The molecule has 1 unspecified atom stereocenters. The molecule has 27 heavy (non-hydrogen) atoms. The Morgan fingerprint density at radius 3 is 2.07 bits per heavy atom. The van der Waals surface area contributed by atoms with Crippen molar-refractivity contribution in [3.63, 3.8) is 0 Å². The van der Waals surface area contributed by atoms with E-state index in [2.05, 4.69) is 39.1 Å². The lowest BCUT2D eigenvalue weighted by atomic mass is 10.1. The third kappa shape index (κ3) is 16.1. The number of rotatable bonds is 18. The van der Waals surface area contributed by atoms with Crippen LogP contribution in [0.15, 0.2) is 12.2 Å². The first-order valence-corrected chi connectivity index (χ1v) is 14.6. The molecule has 0 fully saturated rings. The first-order chi connectivity index (χ1) is 13.0. The molecule has 160 valence electrons. The number of unbranched alkanes of at least 4 members (excludes halogenated alkanes) is 8. The SMILES string of the molecule is CCCCCCCCC/C=C/CCC(O[Si](C)(C)CCCC)C(=O)OCC. The average Bonchev–Trinajstić information content (AvgIpc) is 2.63. The summed E-state index contributed by atoms with van der Waals surface area (Å²) in [4.78, 5) is 12.3. The van der Waals surface area contributed by atoms with Gasteiger partial charge in [-0.15, -0.1) is 0 Å². The Balaban J connectivity index is 4.12. The molecule has 3 nitrogen and oxygen atoms in total. The zero-order valence-electron chi connectivity index (χ0n) is 18.9. The standard InChI is InChI=1S/C23H46O3Si/c1-6-9-11-12-13-14-15-16-17-18-19-20-22(23(24)25-8-3)26-27(4,5)21-10-7-2/h17-18,22H,6-16,19-21H2,1-5H3/b18-17+. The number of ether oxygens (including phenoxy) is 1. The molecule has 0 heterocycles. The molecule has 0 saturated heterocycles. The highest BCUT2D eigenvalue weighted by atomic mass is 28.4. The molecule has 0 saturated carbocycles. The minimum atomic E-state index is -1.80. The lowest BCUT2D eigenvalue weighted by Crippen LogP contribution is -2.40. The fourth-order valence-electron chi connectivity index (χ4n) is 3.21. The molecule has 0 bridgehead atoms. The lowest BCUT2D eigenvalue weighted by molar-refractivity contribution is -0.152. The number of allylic oxidation sites excluding steroid dienone is 2. The van der Waals surface area contributed by atoms with Crippen LogP contribution in [0, 0.1) is 0 Å². The van der Waals surface area contributed by atoms with Crippen molar-refractivity contribution in [1.82, 2.24) is 0 Å². The summed E-state index contributed by atoms with van der Waals surface area (Å²) < 4.78 is 11.5. The summed E-state index contributed by atoms with van der Waals surface area (Å²) in [6.07, 6.45) is 18.6. The summed E-state index contributed by atoms with van der Waals surface area (Å²) in [5.74, 6) is -0.185. The second-order valence-electron chi connectivity index (χ2n) is 8.18. The van der Waals surface area contributed by atoms with Gasteiger partial charge in [-0.2, -0.15) is 0 Å². The van der Waals surface area contributed by atoms with Crippen LogP contribution in [0.2, 0.25) is 19.1 Å². The Kier molecular flexibility index (Phi) is 17.1. The van der Waals surface area contributed by atoms with Gasteiger partial charge in [0.15, 0.2) is 8.32 Å². The van der Waals surface area contributed by atoms with Crippen LogP contribution in [-0.2, 0) is 14.0 Å². The van der Waals surface area contributed by atoms with Crippen LogP contribution in [0.4, 0.5) is 0 Å². The number of esters is 1. The number of hydrogen-bond acceptors (Lipinski definition) is 3. The average molecular weight is 399 g/mol. The van der Waals surface area contributed by atoms with Gasteiger partial charge in [0.05, 0.1) is 6.61 Å². The van der Waals surface area contributed by atoms with Gasteiger partial charge in [-0.05, 0) is 51.7 Å². The first-order valence-electron chi connectivity index (χ1n) is 11.5. The molecule has 0 aromatic rings. The molecule has 4 heteroatoms. The molecule has 0 spiro atoms. The van der Waals surface area contributed by atoms with Crippen molar-refractivity contribution < 1.29 is 14.0 Å². The van der Waals surface area contributed by atoms with E-state index >= 15 is 0 Å². The van der Waals surface area contributed by atoms with E-state index < -0.39 is 14.4 Å². The fraction of sp³-hybridized carbons (Fsp3) is 0.870. The number of carbonyl (C=O) groups excluding carboxylic acids is 1. The van der Waals surface area contributed by atoms with Gasteiger partial charge in [-0.1, -0.05) is 77.4 Å². The molecule has 0 aliphatic rings. The van der Waals surface area contributed by atoms with Crippen molar-refractivity contribution in [2.75, 3.05) is 6.61 Å². The Morgan fingerprint density at radius 2 is 1.44 bits per heavy atom. The highest BCUT2D eigenvalue weighted by Gasteiger charge is 2.30. The normalized spacial score (nSPS) is 13.2.